The molecule has 5 N–H and O–H groups in total. The van der Waals surface area contributed by atoms with Gasteiger partial charge >= 0.3 is 0 Å². The van der Waals surface area contributed by atoms with Crippen LogP contribution < -0.4 is 21.5 Å². The number of amides is 1. The van der Waals surface area contributed by atoms with E-state index >= 15 is 0 Å². The first kappa shape index (κ1) is 23.6. The topological polar surface area (TPSA) is 138 Å². The number of nitrogen functional groups attached to an aromatic ring is 1. The van der Waals surface area contributed by atoms with Gasteiger partial charge in [0, 0.05) is 18.4 Å². The molecule has 0 spiro atoms. The Kier molecular flexibility index (Phi) is 7.50. The summed E-state index contributed by atoms with van der Waals surface area (Å²) in [4.78, 5) is 24.9. The van der Waals surface area contributed by atoms with Gasteiger partial charge in [0.15, 0.2) is 18.1 Å². The summed E-state index contributed by atoms with van der Waals surface area (Å²) in [6.45, 7) is 5.12. The summed E-state index contributed by atoms with van der Waals surface area (Å²) >= 11 is 0. The predicted octanol–water partition coefficient (Wildman–Crippen LogP) is 2.09. The van der Waals surface area contributed by atoms with Crippen molar-refractivity contribution < 1.29 is 18.7 Å². The second-order valence-electron chi connectivity index (χ2n) is 7.06. The van der Waals surface area contributed by atoms with Gasteiger partial charge in [0.1, 0.15) is 17.8 Å². The first-order valence-electron chi connectivity index (χ1n) is 9.27. The maximum absolute atomic E-state index is 14.5. The van der Waals surface area contributed by atoms with Crippen molar-refractivity contribution in [2.24, 2.45) is 10.7 Å². The minimum Gasteiger partial charge on any atom is -0.463 e. The summed E-state index contributed by atoms with van der Waals surface area (Å²) in [6.07, 6.45) is 5.91. The van der Waals surface area contributed by atoms with Crippen LogP contribution in [-0.4, -0.2) is 41.5 Å². The van der Waals surface area contributed by atoms with Gasteiger partial charge in [-0.25, -0.2) is 9.37 Å². The average Bonchev–Trinajstić information content (AvgIpc) is 2.72. The molecule has 1 atom stereocenters. The molecule has 1 amide bonds. The highest BCUT2D eigenvalue weighted by atomic mass is 19.1. The molecule has 31 heavy (non-hydrogen) atoms. The number of terminal acetylenes is 1. The third kappa shape index (κ3) is 5.90. The van der Waals surface area contributed by atoms with Crippen LogP contribution in [0.4, 0.5) is 15.9 Å². The maximum atomic E-state index is 14.5. The molecule has 9 nitrogen and oxygen atoms in total. The lowest BCUT2D eigenvalue weighted by Crippen LogP contribution is -2.32. The molecule has 0 fully saturated rings. The molecule has 1 aromatic heterocycles. The summed E-state index contributed by atoms with van der Waals surface area (Å²) < 4.78 is 24.8. The van der Waals surface area contributed by atoms with E-state index in [9.17, 15) is 9.18 Å². The Labute approximate surface area is 180 Å². The summed E-state index contributed by atoms with van der Waals surface area (Å²) in [7, 11) is 1.50. The molecule has 0 radical (unpaired) electrons. The third-order valence-corrected chi connectivity index (χ3v) is 4.36. The molecule has 0 saturated heterocycles. The molecule has 10 heteroatoms. The Morgan fingerprint density at radius 2 is 2.16 bits per heavy atom. The quantitative estimate of drug-likeness (QED) is 0.332. The van der Waals surface area contributed by atoms with Crippen LogP contribution in [0.25, 0.3) is 0 Å². The zero-order valence-corrected chi connectivity index (χ0v) is 17.8. The van der Waals surface area contributed by atoms with E-state index in [1.54, 1.807) is 20.8 Å². The van der Waals surface area contributed by atoms with E-state index < -0.39 is 23.4 Å². The van der Waals surface area contributed by atoms with Crippen LogP contribution in [0, 0.1) is 18.2 Å². The Morgan fingerprint density at radius 1 is 1.45 bits per heavy atom. The Balaban J connectivity index is 2.28. The largest absolute Gasteiger partial charge is 0.463 e. The number of ether oxygens (including phenoxy) is 2. The number of nitrogens with one attached hydrogen (secondary N) is 1. The standard InChI is InChI=1S/C21H25FN6O3/c1-6-9-31-16-11-25-17(19(24)27-16)20(29)26-13-7-8-15(22)14(10-13)21(3,4)28-18(23)12(2)30-5/h1,7-8,10-12H,9H2,2-5H3,(H2,23,28)(H2,24,27)(H,26,29)/t12-/m1/s1. The number of aliphatic imine (C=N–C) groups is 1. The fourth-order valence-corrected chi connectivity index (χ4v) is 2.60. The minimum atomic E-state index is -1.02. The van der Waals surface area contributed by atoms with Gasteiger partial charge in [0.05, 0.1) is 11.7 Å². The highest BCUT2D eigenvalue weighted by molar-refractivity contribution is 6.05. The second-order valence-corrected chi connectivity index (χ2v) is 7.06. The minimum absolute atomic E-state index is 0.00996. The highest BCUT2D eigenvalue weighted by Gasteiger charge is 2.26. The summed E-state index contributed by atoms with van der Waals surface area (Å²) in [5, 5.41) is 2.62. The zero-order chi connectivity index (χ0) is 23.2. The number of carbonyl (C=O) groups is 1. The van der Waals surface area contributed by atoms with Crippen molar-refractivity contribution in [3.63, 3.8) is 0 Å². The molecule has 0 aliphatic rings. The summed E-state index contributed by atoms with van der Waals surface area (Å²) in [6, 6.07) is 4.10. The number of anilines is 2. The number of nitrogens with zero attached hydrogens (tertiary/aromatic N) is 3. The molecule has 1 heterocycles. The number of hydrogen-bond acceptors (Lipinski definition) is 7. The van der Waals surface area contributed by atoms with Crippen LogP contribution in [0.1, 0.15) is 36.8 Å². The van der Waals surface area contributed by atoms with Crippen LogP contribution in [0.15, 0.2) is 29.4 Å². The van der Waals surface area contributed by atoms with E-state index in [4.69, 9.17) is 27.4 Å². The highest BCUT2D eigenvalue weighted by Crippen LogP contribution is 2.30. The van der Waals surface area contributed by atoms with E-state index in [-0.39, 0.29) is 35.4 Å². The smallest absolute Gasteiger partial charge is 0.278 e. The third-order valence-electron chi connectivity index (χ3n) is 4.36. The number of rotatable bonds is 8. The molecule has 2 aromatic rings. The predicted molar refractivity (Wildman–Crippen MR) is 116 cm³/mol. The van der Waals surface area contributed by atoms with Gasteiger partial charge in [0.2, 0.25) is 5.88 Å². The normalized spacial score (nSPS) is 12.7. The number of benzene rings is 1. The van der Waals surface area contributed by atoms with Crippen molar-refractivity contribution in [2.75, 3.05) is 24.8 Å². The van der Waals surface area contributed by atoms with Crippen LogP contribution >= 0.6 is 0 Å². The Hall–Kier alpha value is -3.71. The van der Waals surface area contributed by atoms with Crippen molar-refractivity contribution in [1.29, 1.82) is 0 Å². The van der Waals surface area contributed by atoms with Gasteiger partial charge in [0.25, 0.3) is 5.91 Å². The lowest BCUT2D eigenvalue weighted by Gasteiger charge is -2.24. The van der Waals surface area contributed by atoms with Gasteiger partial charge in [-0.15, -0.1) is 6.42 Å². The van der Waals surface area contributed by atoms with E-state index in [1.165, 1.54) is 31.5 Å². The van der Waals surface area contributed by atoms with Crippen molar-refractivity contribution in [3.05, 3.63) is 41.5 Å². The van der Waals surface area contributed by atoms with Gasteiger partial charge in [-0.3, -0.25) is 9.79 Å². The fraction of sp³-hybridized carbons (Fsp3) is 0.333. The molecule has 1 aromatic carbocycles. The van der Waals surface area contributed by atoms with E-state index in [0.717, 1.165) is 0 Å². The number of amidine groups is 1. The fourth-order valence-electron chi connectivity index (χ4n) is 2.60. The molecule has 0 bridgehead atoms. The molecule has 2 rings (SSSR count). The van der Waals surface area contributed by atoms with E-state index in [0.29, 0.717) is 5.69 Å². The van der Waals surface area contributed by atoms with Crippen LogP contribution in [0.2, 0.25) is 0 Å². The molecule has 164 valence electrons. The van der Waals surface area contributed by atoms with Crippen LogP contribution in [0.5, 0.6) is 5.88 Å². The van der Waals surface area contributed by atoms with Gasteiger partial charge in [-0.05, 0) is 39.0 Å². The second kappa shape index (κ2) is 9.86. The maximum Gasteiger partial charge on any atom is 0.278 e. The molecule has 0 aliphatic heterocycles. The number of aromatic nitrogens is 2. The van der Waals surface area contributed by atoms with Crippen molar-refractivity contribution in [2.45, 2.75) is 32.4 Å². The SMILES string of the molecule is C#CCOc1cnc(C(=O)Nc2ccc(F)c(C(C)(C)/N=C(/N)[C@@H](C)OC)c2)c(N)n1. The molecule has 0 saturated carbocycles. The number of hydrogen-bond donors (Lipinski definition) is 3. The summed E-state index contributed by atoms with van der Waals surface area (Å²) in [5.41, 5.74) is 11.1. The number of methoxy groups -OCH3 is 1. The van der Waals surface area contributed by atoms with E-state index in [2.05, 4.69) is 26.2 Å². The molecular formula is C21H25FN6O3. The molecule has 0 aliphatic carbocycles. The van der Waals surface area contributed by atoms with Gasteiger partial charge < -0.3 is 26.3 Å². The van der Waals surface area contributed by atoms with Crippen LogP contribution in [-0.2, 0) is 10.3 Å². The summed E-state index contributed by atoms with van der Waals surface area (Å²) in [5.74, 6) is 1.33. The Bertz CT molecular complexity index is 1030. The molecular weight excluding hydrogens is 403 g/mol. The number of carbonyl (C=O) groups excluding carboxylic acids is 1. The van der Waals surface area contributed by atoms with Gasteiger partial charge in [-0.2, -0.15) is 4.98 Å². The number of halogens is 1. The van der Waals surface area contributed by atoms with Crippen molar-refractivity contribution >= 4 is 23.2 Å². The van der Waals surface area contributed by atoms with Crippen molar-refractivity contribution in [1.82, 2.24) is 9.97 Å². The van der Waals surface area contributed by atoms with E-state index in [1.807, 2.05) is 0 Å². The lowest BCUT2D eigenvalue weighted by molar-refractivity contribution is 0.102. The number of nitrogens with two attached hydrogens (primary N) is 2. The first-order valence-corrected chi connectivity index (χ1v) is 9.27. The monoisotopic (exact) mass is 428 g/mol. The first-order chi connectivity index (χ1) is 14.6. The molecule has 0 unspecified atom stereocenters. The van der Waals surface area contributed by atoms with Crippen LogP contribution in [0.3, 0.4) is 0 Å². The van der Waals surface area contributed by atoms with Crippen molar-refractivity contribution in [3.8, 4) is 18.2 Å². The van der Waals surface area contributed by atoms with Gasteiger partial charge in [-0.1, -0.05) is 5.92 Å². The average molecular weight is 428 g/mol. The Morgan fingerprint density at radius 3 is 2.77 bits per heavy atom. The lowest BCUT2D eigenvalue weighted by atomic mass is 9.93. The zero-order valence-electron chi connectivity index (χ0n) is 17.8.